The standard InChI is InChI=1S/C28H32FN7OS/c1-3-34-14-27(15-34)16-35(17-27)18-7-8-22(30-12-18)32-26-31-13-20(29)23(33-26)21-11-19-24(38-21)28(9-5-6-10-28)36(4-2)25(19)37/h7-8,11-13H,3-6,9-10,14-17H2,1-2H3,(H,30,31,32,33). The van der Waals surface area contributed by atoms with Crippen molar-refractivity contribution in [3.8, 4) is 10.6 Å². The average Bonchev–Trinajstić information content (AvgIpc) is 3.58. The molecule has 198 valence electrons. The molecule has 4 aliphatic rings. The monoisotopic (exact) mass is 533 g/mol. The molecule has 38 heavy (non-hydrogen) atoms. The Hall–Kier alpha value is -3.11. The molecule has 2 saturated heterocycles. The predicted octanol–water partition coefficient (Wildman–Crippen LogP) is 4.87. The van der Waals surface area contributed by atoms with Crippen LogP contribution in [-0.2, 0) is 5.54 Å². The van der Waals surface area contributed by atoms with Crippen LogP contribution < -0.4 is 10.2 Å². The Labute approximate surface area is 225 Å². The van der Waals surface area contributed by atoms with E-state index < -0.39 is 5.82 Å². The minimum absolute atomic E-state index is 0.0529. The zero-order valence-electron chi connectivity index (χ0n) is 21.8. The van der Waals surface area contributed by atoms with Gasteiger partial charge in [0.1, 0.15) is 11.5 Å². The number of hydrogen-bond donors (Lipinski definition) is 1. The Morgan fingerprint density at radius 1 is 1.05 bits per heavy atom. The van der Waals surface area contributed by atoms with Gasteiger partial charge >= 0.3 is 0 Å². The molecule has 3 aliphatic heterocycles. The van der Waals surface area contributed by atoms with Crippen molar-refractivity contribution in [1.82, 2.24) is 24.8 Å². The van der Waals surface area contributed by atoms with E-state index in [0.717, 1.165) is 55.9 Å². The van der Waals surface area contributed by atoms with Crippen molar-refractivity contribution in [1.29, 1.82) is 0 Å². The Morgan fingerprint density at radius 2 is 1.84 bits per heavy atom. The summed E-state index contributed by atoms with van der Waals surface area (Å²) in [5.41, 5.74) is 2.26. The van der Waals surface area contributed by atoms with Gasteiger partial charge in [-0.15, -0.1) is 11.3 Å². The number of halogens is 1. The van der Waals surface area contributed by atoms with Gasteiger partial charge in [-0.05, 0) is 44.5 Å². The van der Waals surface area contributed by atoms with Gasteiger partial charge in [-0.3, -0.25) is 4.79 Å². The van der Waals surface area contributed by atoms with E-state index in [1.165, 1.54) is 30.6 Å². The smallest absolute Gasteiger partial charge is 0.255 e. The number of aromatic nitrogens is 3. The van der Waals surface area contributed by atoms with Gasteiger partial charge in [-0.1, -0.05) is 19.8 Å². The predicted molar refractivity (Wildman–Crippen MR) is 146 cm³/mol. The number of likely N-dealkylation sites (tertiary alicyclic amines) is 1. The molecule has 1 N–H and O–H groups in total. The Kier molecular flexibility index (Phi) is 5.49. The van der Waals surface area contributed by atoms with E-state index in [1.807, 2.05) is 30.2 Å². The molecule has 1 aliphatic carbocycles. The normalized spacial score (nSPS) is 21.2. The first kappa shape index (κ1) is 24.0. The summed E-state index contributed by atoms with van der Waals surface area (Å²) in [6.45, 7) is 10.6. The van der Waals surface area contributed by atoms with Gasteiger partial charge in [-0.25, -0.2) is 19.3 Å². The summed E-state index contributed by atoms with van der Waals surface area (Å²) in [5, 5.41) is 3.12. The topological polar surface area (TPSA) is 77.5 Å². The number of nitrogens with one attached hydrogen (secondary N) is 1. The highest BCUT2D eigenvalue weighted by Gasteiger charge is 2.52. The van der Waals surface area contributed by atoms with Crippen molar-refractivity contribution in [3.05, 3.63) is 46.9 Å². The van der Waals surface area contributed by atoms with Crippen molar-refractivity contribution in [3.63, 3.8) is 0 Å². The zero-order chi connectivity index (χ0) is 26.1. The summed E-state index contributed by atoms with van der Waals surface area (Å²) in [4.78, 5) is 35.0. The summed E-state index contributed by atoms with van der Waals surface area (Å²) >= 11 is 1.50. The van der Waals surface area contributed by atoms with Crippen molar-refractivity contribution in [2.75, 3.05) is 49.5 Å². The van der Waals surface area contributed by atoms with E-state index in [2.05, 4.69) is 43.1 Å². The first-order valence-corrected chi connectivity index (χ1v) is 14.4. The number of carbonyl (C=O) groups excluding carboxylic acids is 1. The quantitative estimate of drug-likeness (QED) is 0.484. The molecule has 0 bridgehead atoms. The first-order valence-electron chi connectivity index (χ1n) is 13.6. The number of thiophene rings is 1. The number of fused-ring (bicyclic) bond motifs is 2. The van der Waals surface area contributed by atoms with Gasteiger partial charge < -0.3 is 20.0 Å². The van der Waals surface area contributed by atoms with Gasteiger partial charge in [0.25, 0.3) is 5.91 Å². The number of hydrogen-bond acceptors (Lipinski definition) is 8. The van der Waals surface area contributed by atoms with Gasteiger partial charge in [0.2, 0.25) is 5.95 Å². The van der Waals surface area contributed by atoms with Crippen LogP contribution in [0.5, 0.6) is 0 Å². The van der Waals surface area contributed by atoms with E-state index in [4.69, 9.17) is 0 Å². The van der Waals surface area contributed by atoms with Crippen LogP contribution in [0, 0.1) is 11.2 Å². The molecule has 1 amide bonds. The second-order valence-electron chi connectivity index (χ2n) is 11.2. The highest BCUT2D eigenvalue weighted by Crippen LogP contribution is 2.54. The van der Waals surface area contributed by atoms with E-state index in [-0.39, 0.29) is 23.1 Å². The fourth-order valence-corrected chi connectivity index (χ4v) is 8.41. The molecule has 2 spiro atoms. The lowest BCUT2D eigenvalue weighted by atomic mass is 9.72. The third-order valence-electron chi connectivity index (χ3n) is 8.84. The summed E-state index contributed by atoms with van der Waals surface area (Å²) in [5.74, 6) is 0.444. The molecule has 7 rings (SSSR count). The highest BCUT2D eigenvalue weighted by atomic mass is 32.1. The summed E-state index contributed by atoms with van der Waals surface area (Å²) in [6.07, 6.45) is 7.20. The Bertz CT molecular complexity index is 1390. The minimum atomic E-state index is -0.497. The molecule has 6 heterocycles. The largest absolute Gasteiger partial charge is 0.369 e. The average molecular weight is 534 g/mol. The number of nitrogens with zero attached hydrogens (tertiary/aromatic N) is 6. The SMILES string of the molecule is CCN1CC2(C1)CN(c1ccc(Nc3ncc(F)c(-c4cc5c(s4)C4(CCCC4)N(CC)C5=O)n3)nc1)C2. The number of rotatable bonds is 6. The van der Waals surface area contributed by atoms with Crippen LogP contribution in [0.2, 0.25) is 0 Å². The van der Waals surface area contributed by atoms with Crippen molar-refractivity contribution >= 4 is 34.7 Å². The fraction of sp³-hybridized carbons (Fsp3) is 0.500. The summed E-state index contributed by atoms with van der Waals surface area (Å²) < 4.78 is 14.9. The lowest BCUT2D eigenvalue weighted by Crippen LogP contribution is -2.72. The second-order valence-corrected chi connectivity index (χ2v) is 12.3. The van der Waals surface area contributed by atoms with Gasteiger partial charge in [0.05, 0.1) is 34.1 Å². The van der Waals surface area contributed by atoms with Crippen LogP contribution in [0.4, 0.5) is 21.8 Å². The maximum atomic E-state index is 14.9. The van der Waals surface area contributed by atoms with Crippen LogP contribution in [-0.4, -0.2) is 69.9 Å². The molecule has 0 atom stereocenters. The number of amides is 1. The molecular weight excluding hydrogens is 501 g/mol. The third kappa shape index (κ3) is 3.56. The molecule has 0 unspecified atom stereocenters. The van der Waals surface area contributed by atoms with Gasteiger partial charge in [-0.2, -0.15) is 0 Å². The van der Waals surface area contributed by atoms with Crippen molar-refractivity contribution in [2.45, 2.75) is 45.1 Å². The molecular formula is C28H32FN7OS. The van der Waals surface area contributed by atoms with Crippen LogP contribution in [0.15, 0.2) is 30.6 Å². The van der Waals surface area contributed by atoms with Crippen molar-refractivity contribution < 1.29 is 9.18 Å². The van der Waals surface area contributed by atoms with Crippen LogP contribution in [0.3, 0.4) is 0 Å². The maximum Gasteiger partial charge on any atom is 0.255 e. The van der Waals surface area contributed by atoms with Crippen molar-refractivity contribution in [2.24, 2.45) is 5.41 Å². The Balaban J connectivity index is 1.08. The molecule has 10 heteroatoms. The van der Waals surface area contributed by atoms with Crippen LogP contribution in [0.1, 0.15) is 54.8 Å². The maximum absolute atomic E-state index is 14.9. The lowest BCUT2D eigenvalue weighted by molar-refractivity contribution is -0.0178. The molecule has 3 aromatic rings. The molecule has 3 fully saturated rings. The van der Waals surface area contributed by atoms with E-state index >= 15 is 0 Å². The molecule has 0 aromatic carbocycles. The molecule has 1 saturated carbocycles. The van der Waals surface area contributed by atoms with Crippen LogP contribution in [0.25, 0.3) is 10.6 Å². The third-order valence-corrected chi connectivity index (χ3v) is 10.2. The fourth-order valence-electron chi connectivity index (χ4n) is 7.01. The number of anilines is 3. The van der Waals surface area contributed by atoms with E-state index in [0.29, 0.717) is 28.2 Å². The molecule has 0 radical (unpaired) electrons. The van der Waals surface area contributed by atoms with Gasteiger partial charge in [0, 0.05) is 43.0 Å². The highest BCUT2D eigenvalue weighted by molar-refractivity contribution is 7.16. The Morgan fingerprint density at radius 3 is 2.53 bits per heavy atom. The molecule has 3 aromatic heterocycles. The summed E-state index contributed by atoms with van der Waals surface area (Å²) in [6, 6.07) is 5.79. The number of carbonyl (C=O) groups is 1. The zero-order valence-corrected chi connectivity index (χ0v) is 22.7. The van der Waals surface area contributed by atoms with Crippen LogP contribution >= 0.6 is 11.3 Å². The second kappa shape index (κ2) is 8.71. The van der Waals surface area contributed by atoms with E-state index in [1.54, 1.807) is 0 Å². The van der Waals surface area contributed by atoms with Gasteiger partial charge in [0.15, 0.2) is 5.82 Å². The first-order chi connectivity index (χ1) is 18.4. The molecule has 8 nitrogen and oxygen atoms in total. The number of pyridine rings is 1. The van der Waals surface area contributed by atoms with E-state index in [9.17, 15) is 9.18 Å². The lowest BCUT2D eigenvalue weighted by Gasteiger charge is -2.61. The summed E-state index contributed by atoms with van der Waals surface area (Å²) in [7, 11) is 0. The minimum Gasteiger partial charge on any atom is -0.369 e.